The summed E-state index contributed by atoms with van der Waals surface area (Å²) in [6.07, 6.45) is 1.53. The van der Waals surface area contributed by atoms with E-state index in [0.29, 0.717) is 18.7 Å². The van der Waals surface area contributed by atoms with Crippen LogP contribution in [0.3, 0.4) is 0 Å². The van der Waals surface area contributed by atoms with E-state index in [2.05, 4.69) is 10.3 Å². The summed E-state index contributed by atoms with van der Waals surface area (Å²) < 4.78 is 18.3. The Balaban J connectivity index is 2.66. The SMILES string of the molecule is COCCNc1nccc(CN)c1F. The Morgan fingerprint density at radius 2 is 2.43 bits per heavy atom. The molecular formula is C9H14FN3O. The molecule has 0 unspecified atom stereocenters. The van der Waals surface area contributed by atoms with Gasteiger partial charge in [0.05, 0.1) is 6.61 Å². The summed E-state index contributed by atoms with van der Waals surface area (Å²) in [5.74, 6) is -0.156. The topological polar surface area (TPSA) is 60.2 Å². The van der Waals surface area contributed by atoms with Crippen LogP contribution < -0.4 is 11.1 Å². The lowest BCUT2D eigenvalue weighted by Crippen LogP contribution is -2.12. The van der Waals surface area contributed by atoms with E-state index in [1.807, 2.05) is 0 Å². The molecule has 0 fully saturated rings. The molecule has 0 spiro atoms. The molecule has 78 valence electrons. The summed E-state index contributed by atoms with van der Waals surface area (Å²) in [4.78, 5) is 3.86. The molecule has 0 aliphatic carbocycles. The van der Waals surface area contributed by atoms with E-state index in [4.69, 9.17) is 10.5 Å². The van der Waals surface area contributed by atoms with Crippen LogP contribution in [0.2, 0.25) is 0 Å². The molecule has 0 atom stereocenters. The number of pyridine rings is 1. The van der Waals surface area contributed by atoms with Crippen molar-refractivity contribution in [2.45, 2.75) is 6.54 Å². The van der Waals surface area contributed by atoms with Crippen molar-refractivity contribution in [3.8, 4) is 0 Å². The number of anilines is 1. The molecule has 0 saturated heterocycles. The van der Waals surface area contributed by atoms with Crippen LogP contribution in [0.15, 0.2) is 12.3 Å². The van der Waals surface area contributed by atoms with Crippen LogP contribution in [0.4, 0.5) is 10.2 Å². The molecule has 1 aromatic heterocycles. The number of nitrogens with zero attached hydrogens (tertiary/aromatic N) is 1. The van der Waals surface area contributed by atoms with Gasteiger partial charge in [0.2, 0.25) is 0 Å². The smallest absolute Gasteiger partial charge is 0.169 e. The molecule has 1 heterocycles. The lowest BCUT2D eigenvalue weighted by Gasteiger charge is -2.07. The van der Waals surface area contributed by atoms with Crippen molar-refractivity contribution in [1.82, 2.24) is 4.98 Å². The Morgan fingerprint density at radius 1 is 1.64 bits per heavy atom. The Kier molecular flexibility index (Phi) is 4.28. The highest BCUT2D eigenvalue weighted by atomic mass is 19.1. The number of hydrogen-bond acceptors (Lipinski definition) is 4. The molecular weight excluding hydrogens is 185 g/mol. The molecule has 14 heavy (non-hydrogen) atoms. The van der Waals surface area contributed by atoms with Crippen LogP contribution in [-0.4, -0.2) is 25.2 Å². The first-order chi connectivity index (χ1) is 6.79. The molecule has 0 aromatic carbocycles. The Bertz CT molecular complexity index is 293. The molecule has 3 N–H and O–H groups in total. The minimum Gasteiger partial charge on any atom is -0.383 e. The lowest BCUT2D eigenvalue weighted by molar-refractivity contribution is 0.210. The lowest BCUT2D eigenvalue weighted by atomic mass is 10.2. The molecule has 0 radical (unpaired) electrons. The fourth-order valence-corrected chi connectivity index (χ4v) is 1.04. The van der Waals surface area contributed by atoms with E-state index in [-0.39, 0.29) is 18.2 Å². The van der Waals surface area contributed by atoms with Crippen molar-refractivity contribution < 1.29 is 9.13 Å². The highest BCUT2D eigenvalue weighted by Crippen LogP contribution is 2.13. The van der Waals surface area contributed by atoms with Crippen LogP contribution in [-0.2, 0) is 11.3 Å². The molecule has 5 heteroatoms. The van der Waals surface area contributed by atoms with Gasteiger partial charge < -0.3 is 15.8 Å². The molecule has 0 aliphatic heterocycles. The van der Waals surface area contributed by atoms with E-state index >= 15 is 0 Å². The van der Waals surface area contributed by atoms with E-state index in [9.17, 15) is 4.39 Å². The Hall–Kier alpha value is -1.20. The standard InChI is InChI=1S/C9H14FN3O/c1-14-5-4-13-9-8(10)7(6-11)2-3-12-9/h2-3H,4-6,11H2,1H3,(H,12,13). The summed E-state index contributed by atoms with van der Waals surface area (Å²) >= 11 is 0. The number of halogens is 1. The van der Waals surface area contributed by atoms with Crippen LogP contribution >= 0.6 is 0 Å². The summed E-state index contributed by atoms with van der Waals surface area (Å²) in [5.41, 5.74) is 5.81. The van der Waals surface area contributed by atoms with Gasteiger partial charge in [-0.25, -0.2) is 9.37 Å². The predicted molar refractivity (Wildman–Crippen MR) is 52.5 cm³/mol. The first-order valence-electron chi connectivity index (χ1n) is 4.36. The third-order valence-corrected chi connectivity index (χ3v) is 1.79. The molecule has 1 rings (SSSR count). The van der Waals surface area contributed by atoms with Crippen molar-refractivity contribution in [3.63, 3.8) is 0 Å². The fourth-order valence-electron chi connectivity index (χ4n) is 1.04. The fraction of sp³-hybridized carbons (Fsp3) is 0.444. The molecule has 4 nitrogen and oxygen atoms in total. The minimum absolute atomic E-state index is 0.174. The highest BCUT2D eigenvalue weighted by molar-refractivity contribution is 5.39. The van der Waals surface area contributed by atoms with E-state index in [1.165, 1.54) is 6.20 Å². The molecule has 0 bridgehead atoms. The number of hydrogen-bond donors (Lipinski definition) is 2. The zero-order valence-electron chi connectivity index (χ0n) is 8.09. The number of methoxy groups -OCH3 is 1. The summed E-state index contributed by atoms with van der Waals surface area (Å²) in [6, 6.07) is 1.57. The number of nitrogens with one attached hydrogen (secondary N) is 1. The predicted octanol–water partition coefficient (Wildman–Crippen LogP) is 0.738. The van der Waals surface area contributed by atoms with Gasteiger partial charge in [-0.3, -0.25) is 0 Å². The molecule has 0 aliphatic rings. The van der Waals surface area contributed by atoms with Gasteiger partial charge in [0.1, 0.15) is 0 Å². The molecule has 0 amide bonds. The average molecular weight is 199 g/mol. The molecule has 0 saturated carbocycles. The van der Waals surface area contributed by atoms with Crippen molar-refractivity contribution in [2.75, 3.05) is 25.6 Å². The average Bonchev–Trinajstić information content (AvgIpc) is 2.21. The van der Waals surface area contributed by atoms with Gasteiger partial charge in [0.15, 0.2) is 11.6 Å². The van der Waals surface area contributed by atoms with Crippen LogP contribution in [0.25, 0.3) is 0 Å². The van der Waals surface area contributed by atoms with Crippen molar-refractivity contribution in [1.29, 1.82) is 0 Å². The van der Waals surface area contributed by atoms with Gasteiger partial charge in [-0.05, 0) is 6.07 Å². The van der Waals surface area contributed by atoms with Crippen molar-refractivity contribution >= 4 is 5.82 Å². The normalized spacial score (nSPS) is 10.2. The number of rotatable bonds is 5. The zero-order valence-corrected chi connectivity index (χ0v) is 8.09. The number of nitrogens with two attached hydrogens (primary N) is 1. The first-order valence-corrected chi connectivity index (χ1v) is 4.36. The third kappa shape index (κ3) is 2.65. The maximum atomic E-state index is 13.5. The number of ether oxygens (including phenoxy) is 1. The third-order valence-electron chi connectivity index (χ3n) is 1.79. The van der Waals surface area contributed by atoms with Crippen molar-refractivity contribution in [2.24, 2.45) is 5.73 Å². The monoisotopic (exact) mass is 199 g/mol. The quantitative estimate of drug-likeness (QED) is 0.686. The van der Waals surface area contributed by atoms with Gasteiger partial charge in [0.25, 0.3) is 0 Å². The second kappa shape index (κ2) is 5.51. The molecule has 1 aromatic rings. The first kappa shape index (κ1) is 10.9. The van der Waals surface area contributed by atoms with Gasteiger partial charge in [0, 0.05) is 32.0 Å². The summed E-state index contributed by atoms with van der Waals surface area (Å²) in [7, 11) is 1.59. The van der Waals surface area contributed by atoms with E-state index < -0.39 is 0 Å². The van der Waals surface area contributed by atoms with Gasteiger partial charge in [-0.1, -0.05) is 0 Å². The second-order valence-electron chi connectivity index (χ2n) is 2.76. The maximum absolute atomic E-state index is 13.5. The highest BCUT2D eigenvalue weighted by Gasteiger charge is 2.06. The minimum atomic E-state index is -0.383. The van der Waals surface area contributed by atoms with E-state index in [1.54, 1.807) is 13.2 Å². The van der Waals surface area contributed by atoms with Crippen LogP contribution in [0.1, 0.15) is 5.56 Å². The van der Waals surface area contributed by atoms with Gasteiger partial charge in [-0.2, -0.15) is 0 Å². The summed E-state index contributed by atoms with van der Waals surface area (Å²) in [5, 5.41) is 2.82. The Labute approximate surface area is 82.3 Å². The van der Waals surface area contributed by atoms with Gasteiger partial charge in [-0.15, -0.1) is 0 Å². The largest absolute Gasteiger partial charge is 0.383 e. The van der Waals surface area contributed by atoms with Gasteiger partial charge >= 0.3 is 0 Å². The Morgan fingerprint density at radius 3 is 3.07 bits per heavy atom. The summed E-state index contributed by atoms with van der Waals surface area (Å²) in [6.45, 7) is 1.20. The van der Waals surface area contributed by atoms with Crippen LogP contribution in [0.5, 0.6) is 0 Å². The van der Waals surface area contributed by atoms with Crippen LogP contribution in [0, 0.1) is 5.82 Å². The van der Waals surface area contributed by atoms with E-state index in [0.717, 1.165) is 0 Å². The second-order valence-corrected chi connectivity index (χ2v) is 2.76. The maximum Gasteiger partial charge on any atom is 0.169 e. The zero-order chi connectivity index (χ0) is 10.4. The van der Waals surface area contributed by atoms with Crippen molar-refractivity contribution in [3.05, 3.63) is 23.6 Å². The number of aromatic nitrogens is 1.